The molecule has 0 bridgehead atoms. The summed E-state index contributed by atoms with van der Waals surface area (Å²) < 4.78 is 26.4. The van der Waals surface area contributed by atoms with Gasteiger partial charge in [-0.15, -0.1) is 0 Å². The van der Waals surface area contributed by atoms with Crippen LogP contribution in [0.2, 0.25) is 15.1 Å². The Morgan fingerprint density at radius 2 is 1.70 bits per heavy atom. The van der Waals surface area contributed by atoms with Crippen molar-refractivity contribution in [3.8, 4) is 0 Å². The number of carbonyl (C=O) groups is 2. The van der Waals surface area contributed by atoms with E-state index in [-0.39, 0.29) is 24.2 Å². The van der Waals surface area contributed by atoms with E-state index in [4.69, 9.17) is 34.8 Å². The maximum Gasteiger partial charge on any atom is 0.244 e. The van der Waals surface area contributed by atoms with E-state index in [1.54, 1.807) is 36.4 Å². The summed E-state index contributed by atoms with van der Waals surface area (Å²) in [4.78, 5) is 28.6. The van der Waals surface area contributed by atoms with Crippen LogP contribution in [0, 0.1) is 0 Å². The third-order valence-corrected chi connectivity index (χ3v) is 8.43. The average Bonchev–Trinajstić information content (AvgIpc) is 2.83. The molecule has 1 aliphatic carbocycles. The second-order valence-electron chi connectivity index (χ2n) is 9.27. The molecular formula is C26H32Cl3N3O4S. The maximum atomic E-state index is 13.8. The molecule has 0 saturated heterocycles. The van der Waals surface area contributed by atoms with Gasteiger partial charge in [0, 0.05) is 27.7 Å². The zero-order valence-electron chi connectivity index (χ0n) is 20.9. The molecule has 0 unspecified atom stereocenters. The highest BCUT2D eigenvalue weighted by Gasteiger charge is 2.33. The number of benzene rings is 2. The van der Waals surface area contributed by atoms with Crippen LogP contribution in [-0.2, 0) is 26.2 Å². The monoisotopic (exact) mass is 587 g/mol. The van der Waals surface area contributed by atoms with Gasteiger partial charge in [-0.25, -0.2) is 8.42 Å². The van der Waals surface area contributed by atoms with Crippen LogP contribution in [-0.4, -0.2) is 50.0 Å². The quantitative estimate of drug-likeness (QED) is 0.388. The third-order valence-electron chi connectivity index (χ3n) is 6.47. The zero-order valence-corrected chi connectivity index (χ0v) is 24.0. The molecule has 11 heteroatoms. The summed E-state index contributed by atoms with van der Waals surface area (Å²) >= 11 is 18.5. The highest BCUT2D eigenvalue weighted by molar-refractivity contribution is 7.92. The molecule has 1 N–H and O–H groups in total. The second kappa shape index (κ2) is 13.2. The summed E-state index contributed by atoms with van der Waals surface area (Å²) in [7, 11) is -3.84. The van der Waals surface area contributed by atoms with Crippen LogP contribution < -0.4 is 9.62 Å². The van der Waals surface area contributed by atoms with Crippen molar-refractivity contribution in [3.63, 3.8) is 0 Å². The predicted molar refractivity (Wildman–Crippen MR) is 150 cm³/mol. The molecule has 3 rings (SSSR count). The van der Waals surface area contributed by atoms with E-state index < -0.39 is 28.5 Å². The number of sulfonamides is 1. The van der Waals surface area contributed by atoms with Gasteiger partial charge in [-0.3, -0.25) is 13.9 Å². The molecule has 0 aliphatic heterocycles. The van der Waals surface area contributed by atoms with Crippen LogP contribution in [0.15, 0.2) is 42.5 Å². The van der Waals surface area contributed by atoms with Crippen LogP contribution >= 0.6 is 34.8 Å². The number of hydrogen-bond acceptors (Lipinski definition) is 4. The minimum absolute atomic E-state index is 0.0125. The van der Waals surface area contributed by atoms with Gasteiger partial charge in [-0.1, -0.05) is 73.1 Å². The smallest absolute Gasteiger partial charge is 0.244 e. The summed E-state index contributed by atoms with van der Waals surface area (Å²) in [5.41, 5.74) is 0.851. The Labute approximate surface area is 234 Å². The van der Waals surface area contributed by atoms with Crippen molar-refractivity contribution in [3.05, 3.63) is 63.1 Å². The summed E-state index contributed by atoms with van der Waals surface area (Å²) in [6.07, 6.45) is 6.40. The van der Waals surface area contributed by atoms with E-state index in [0.29, 0.717) is 27.1 Å². The van der Waals surface area contributed by atoms with E-state index in [9.17, 15) is 18.0 Å². The Balaban J connectivity index is 1.94. The second-order valence-corrected chi connectivity index (χ2v) is 12.5. The first-order valence-corrected chi connectivity index (χ1v) is 15.2. The van der Waals surface area contributed by atoms with Crippen molar-refractivity contribution < 1.29 is 18.0 Å². The fourth-order valence-corrected chi connectivity index (χ4v) is 6.04. The Morgan fingerprint density at radius 1 is 1.03 bits per heavy atom. The molecule has 37 heavy (non-hydrogen) atoms. The Hall–Kier alpha value is -2.00. The van der Waals surface area contributed by atoms with Crippen LogP contribution in [0.4, 0.5) is 5.69 Å². The van der Waals surface area contributed by atoms with E-state index in [1.165, 1.54) is 11.0 Å². The van der Waals surface area contributed by atoms with Crippen LogP contribution in [0.1, 0.15) is 51.0 Å². The van der Waals surface area contributed by atoms with Gasteiger partial charge >= 0.3 is 0 Å². The van der Waals surface area contributed by atoms with Crippen molar-refractivity contribution >= 4 is 62.3 Å². The molecule has 0 aromatic heterocycles. The van der Waals surface area contributed by atoms with Gasteiger partial charge in [0.2, 0.25) is 21.8 Å². The van der Waals surface area contributed by atoms with E-state index in [0.717, 1.165) is 42.7 Å². The summed E-state index contributed by atoms with van der Waals surface area (Å²) in [6.45, 7) is 1.33. The number of anilines is 1. The molecule has 0 heterocycles. The number of hydrogen-bond donors (Lipinski definition) is 1. The van der Waals surface area contributed by atoms with Gasteiger partial charge in [0.05, 0.1) is 11.9 Å². The Morgan fingerprint density at radius 3 is 2.30 bits per heavy atom. The van der Waals surface area contributed by atoms with Crippen LogP contribution in [0.25, 0.3) is 0 Å². The lowest BCUT2D eigenvalue weighted by Crippen LogP contribution is -2.54. The Bertz CT molecular complexity index is 1220. The molecule has 0 radical (unpaired) electrons. The molecule has 202 valence electrons. The largest absolute Gasteiger partial charge is 0.352 e. The first-order chi connectivity index (χ1) is 17.5. The van der Waals surface area contributed by atoms with E-state index >= 15 is 0 Å². The number of carbonyl (C=O) groups excluding carboxylic acids is 2. The molecule has 1 aliphatic rings. The van der Waals surface area contributed by atoms with Gasteiger partial charge in [0.1, 0.15) is 12.6 Å². The minimum atomic E-state index is -3.84. The Kier molecular flexibility index (Phi) is 10.5. The average molecular weight is 589 g/mol. The van der Waals surface area contributed by atoms with E-state index in [2.05, 4.69) is 5.32 Å². The van der Waals surface area contributed by atoms with Crippen molar-refractivity contribution in [2.24, 2.45) is 0 Å². The topological polar surface area (TPSA) is 86.8 Å². The lowest BCUT2D eigenvalue weighted by molar-refractivity contribution is -0.140. The molecule has 2 aromatic carbocycles. The van der Waals surface area contributed by atoms with Gasteiger partial charge in [-0.2, -0.15) is 0 Å². The normalized spacial score (nSPS) is 15.2. The van der Waals surface area contributed by atoms with Crippen LogP contribution in [0.3, 0.4) is 0 Å². The number of nitrogens with one attached hydrogen (secondary N) is 1. The molecule has 7 nitrogen and oxygen atoms in total. The number of nitrogens with zero attached hydrogens (tertiary/aromatic N) is 2. The van der Waals surface area contributed by atoms with Crippen molar-refractivity contribution in [1.29, 1.82) is 0 Å². The molecule has 1 fully saturated rings. The molecule has 1 atom stereocenters. The summed E-state index contributed by atoms with van der Waals surface area (Å²) in [5.74, 6) is -0.802. The fourth-order valence-electron chi connectivity index (χ4n) is 4.54. The van der Waals surface area contributed by atoms with Gasteiger partial charge in [0.15, 0.2) is 0 Å². The minimum Gasteiger partial charge on any atom is -0.352 e. The number of amides is 2. The molecule has 2 aromatic rings. The highest BCUT2D eigenvalue weighted by Crippen LogP contribution is 2.26. The molecular weight excluding hydrogens is 557 g/mol. The standard InChI is InChI=1S/C26H32Cl3N3O4S/c1-3-24(26(34)30-21-9-5-4-6-10-21)31(16-18-12-13-20(28)15-23(18)29)25(33)17-32(37(2,35)36)22-11-7-8-19(27)14-22/h7-8,11-15,21,24H,3-6,9-10,16-17H2,1-2H3,(H,30,34)/t24-/m1/s1. The lowest BCUT2D eigenvalue weighted by atomic mass is 9.95. The molecule has 1 saturated carbocycles. The first-order valence-electron chi connectivity index (χ1n) is 12.3. The van der Waals surface area contributed by atoms with Crippen molar-refractivity contribution in [1.82, 2.24) is 10.2 Å². The summed E-state index contributed by atoms with van der Waals surface area (Å²) in [6, 6.07) is 10.4. The maximum absolute atomic E-state index is 13.8. The van der Waals surface area contributed by atoms with E-state index in [1.807, 2.05) is 6.92 Å². The highest BCUT2D eigenvalue weighted by atomic mass is 35.5. The predicted octanol–water partition coefficient (Wildman–Crippen LogP) is 5.67. The van der Waals surface area contributed by atoms with Gasteiger partial charge in [-0.05, 0) is 55.2 Å². The fraction of sp³-hybridized carbons (Fsp3) is 0.462. The summed E-state index contributed by atoms with van der Waals surface area (Å²) in [5, 5.41) is 4.23. The third kappa shape index (κ3) is 8.24. The van der Waals surface area contributed by atoms with Crippen molar-refractivity contribution in [2.45, 2.75) is 64.1 Å². The number of halogens is 3. The molecule has 2 amide bonds. The molecule has 0 spiro atoms. The lowest BCUT2D eigenvalue weighted by Gasteiger charge is -2.34. The number of rotatable bonds is 10. The zero-order chi connectivity index (χ0) is 27.2. The SMILES string of the molecule is CC[C@H](C(=O)NC1CCCCC1)N(Cc1ccc(Cl)cc1Cl)C(=O)CN(c1cccc(Cl)c1)S(C)(=O)=O. The van der Waals surface area contributed by atoms with Gasteiger partial charge < -0.3 is 10.2 Å². The van der Waals surface area contributed by atoms with Crippen molar-refractivity contribution in [2.75, 3.05) is 17.1 Å². The van der Waals surface area contributed by atoms with Crippen LogP contribution in [0.5, 0.6) is 0 Å². The first kappa shape index (κ1) is 29.6. The van der Waals surface area contributed by atoms with Gasteiger partial charge in [0.25, 0.3) is 0 Å².